The second-order valence-corrected chi connectivity index (χ2v) is 11.8. The molecule has 7 heteroatoms. The molecule has 1 spiro atoms. The third-order valence-electron chi connectivity index (χ3n) is 9.91. The van der Waals surface area contributed by atoms with Crippen molar-refractivity contribution in [3.8, 4) is 11.5 Å². The van der Waals surface area contributed by atoms with Gasteiger partial charge in [-0.3, -0.25) is 9.69 Å². The van der Waals surface area contributed by atoms with Gasteiger partial charge in [-0.05, 0) is 86.4 Å². The number of amides is 1. The minimum absolute atomic E-state index is 0.0290. The number of ether oxygens (including phenoxy) is 1. The second kappa shape index (κ2) is 7.98. The zero-order valence-corrected chi connectivity index (χ0v) is 21.3. The molecule has 194 valence electrons. The summed E-state index contributed by atoms with van der Waals surface area (Å²) in [7, 11) is 1.83. The summed E-state index contributed by atoms with van der Waals surface area (Å²) in [5, 5.41) is 23.4. The van der Waals surface area contributed by atoms with Crippen molar-refractivity contribution in [1.29, 1.82) is 0 Å². The van der Waals surface area contributed by atoms with Crippen LogP contribution >= 0.6 is 0 Å². The molecule has 0 unspecified atom stereocenters. The number of nitrogens with zero attached hydrogens (tertiary/aromatic N) is 2. The second-order valence-electron chi connectivity index (χ2n) is 11.8. The number of aromatic hydroxyl groups is 1. The first-order valence-corrected chi connectivity index (χ1v) is 13.6. The van der Waals surface area contributed by atoms with E-state index < -0.39 is 17.1 Å². The normalized spacial score (nSPS) is 33.7. The van der Waals surface area contributed by atoms with Crippen LogP contribution in [0.4, 0.5) is 5.69 Å². The quantitative estimate of drug-likeness (QED) is 0.430. The number of carbonyl (C=O) groups excluding carboxylic acids is 1. The van der Waals surface area contributed by atoms with Crippen LogP contribution in [0.1, 0.15) is 48.8 Å². The number of aliphatic hydroxyl groups is 1. The number of carbonyl (C=O) groups is 1. The Hall–Kier alpha value is -3.03. The van der Waals surface area contributed by atoms with E-state index in [4.69, 9.17) is 10.5 Å². The SMILES string of the molecule is CN(C(=O)/C=C/c1cccc(N)c1)[C@H]1CC[C@@]2(O)[C@@H]3Cc4ccc(O)c5c4[C@@]2(CCN3CC2CC2)[C@H]1O5. The van der Waals surface area contributed by atoms with Gasteiger partial charge < -0.3 is 25.6 Å². The van der Waals surface area contributed by atoms with Crippen molar-refractivity contribution in [2.75, 3.05) is 25.9 Å². The first-order chi connectivity index (χ1) is 17.8. The summed E-state index contributed by atoms with van der Waals surface area (Å²) < 4.78 is 6.60. The Morgan fingerprint density at radius 1 is 1.24 bits per heavy atom. The molecule has 7 nitrogen and oxygen atoms in total. The first-order valence-electron chi connectivity index (χ1n) is 13.6. The molecule has 2 saturated carbocycles. The molecule has 2 aromatic rings. The molecule has 2 bridgehead atoms. The lowest BCUT2D eigenvalue weighted by atomic mass is 9.48. The van der Waals surface area contributed by atoms with Crippen molar-refractivity contribution in [3.63, 3.8) is 0 Å². The summed E-state index contributed by atoms with van der Waals surface area (Å²) in [6.45, 7) is 1.95. The van der Waals surface area contributed by atoms with Gasteiger partial charge in [-0.25, -0.2) is 0 Å². The van der Waals surface area contributed by atoms with E-state index in [-0.39, 0.29) is 23.7 Å². The highest BCUT2D eigenvalue weighted by Crippen LogP contribution is 2.66. The molecule has 2 heterocycles. The van der Waals surface area contributed by atoms with Crippen molar-refractivity contribution < 1.29 is 19.7 Å². The van der Waals surface area contributed by atoms with Crippen molar-refractivity contribution >= 4 is 17.7 Å². The monoisotopic (exact) mass is 501 g/mol. The van der Waals surface area contributed by atoms with E-state index in [0.29, 0.717) is 24.3 Å². The number of hydrogen-bond acceptors (Lipinski definition) is 6. The van der Waals surface area contributed by atoms with Gasteiger partial charge in [-0.15, -0.1) is 0 Å². The third kappa shape index (κ3) is 3.23. The highest BCUT2D eigenvalue weighted by Gasteiger charge is 2.73. The van der Waals surface area contributed by atoms with E-state index in [9.17, 15) is 15.0 Å². The van der Waals surface area contributed by atoms with E-state index in [1.54, 1.807) is 23.1 Å². The van der Waals surface area contributed by atoms with Gasteiger partial charge in [0.2, 0.25) is 5.91 Å². The zero-order chi connectivity index (χ0) is 25.5. The maximum Gasteiger partial charge on any atom is 0.246 e. The van der Waals surface area contributed by atoms with Gasteiger partial charge >= 0.3 is 0 Å². The van der Waals surface area contributed by atoms with Crippen LogP contribution in [0, 0.1) is 5.92 Å². The summed E-state index contributed by atoms with van der Waals surface area (Å²) in [5.74, 6) is 1.27. The Labute approximate surface area is 217 Å². The van der Waals surface area contributed by atoms with E-state index in [1.165, 1.54) is 18.4 Å². The fourth-order valence-electron chi connectivity index (χ4n) is 7.96. The lowest BCUT2D eigenvalue weighted by Crippen LogP contribution is -2.78. The predicted octanol–water partition coefficient (Wildman–Crippen LogP) is 3.08. The minimum atomic E-state index is -0.950. The Balaban J connectivity index is 1.25. The van der Waals surface area contributed by atoms with Gasteiger partial charge in [0.15, 0.2) is 11.5 Å². The van der Waals surface area contributed by atoms with Crippen molar-refractivity contribution in [3.05, 3.63) is 59.2 Å². The number of benzene rings is 2. The largest absolute Gasteiger partial charge is 0.504 e. The molecule has 0 aromatic heterocycles. The van der Waals surface area contributed by atoms with E-state index in [0.717, 1.165) is 43.0 Å². The van der Waals surface area contributed by atoms with Crippen molar-refractivity contribution in [2.24, 2.45) is 5.92 Å². The van der Waals surface area contributed by atoms with Crippen LogP contribution in [0.15, 0.2) is 42.5 Å². The molecular formula is C30H35N3O4. The van der Waals surface area contributed by atoms with E-state index >= 15 is 0 Å². The molecule has 5 aliphatic rings. The third-order valence-corrected chi connectivity index (χ3v) is 9.91. The number of nitrogen functional groups attached to an aromatic ring is 1. The lowest BCUT2D eigenvalue weighted by Gasteiger charge is -2.64. The highest BCUT2D eigenvalue weighted by molar-refractivity contribution is 5.92. The highest BCUT2D eigenvalue weighted by atomic mass is 16.5. The molecule has 2 aliphatic heterocycles. The van der Waals surface area contributed by atoms with Crippen LogP contribution < -0.4 is 10.5 Å². The van der Waals surface area contributed by atoms with Crippen molar-refractivity contribution in [1.82, 2.24) is 9.80 Å². The number of phenolic OH excluding ortho intramolecular Hbond substituents is 1. The van der Waals surface area contributed by atoms with Gasteiger partial charge in [0, 0.05) is 37.0 Å². The number of piperidine rings is 1. The van der Waals surface area contributed by atoms with E-state index in [2.05, 4.69) is 4.90 Å². The van der Waals surface area contributed by atoms with Gasteiger partial charge in [0.25, 0.3) is 0 Å². The molecule has 3 fully saturated rings. The van der Waals surface area contributed by atoms with Crippen molar-refractivity contribution in [2.45, 2.75) is 67.7 Å². The van der Waals surface area contributed by atoms with Gasteiger partial charge in [0.1, 0.15) is 6.10 Å². The van der Waals surface area contributed by atoms with E-state index in [1.807, 2.05) is 37.4 Å². The van der Waals surface area contributed by atoms with Crippen LogP contribution in [-0.2, 0) is 16.6 Å². The summed E-state index contributed by atoms with van der Waals surface area (Å²) in [6, 6.07) is 11.0. The maximum atomic E-state index is 13.4. The molecule has 1 saturated heterocycles. The molecule has 5 atom stereocenters. The Morgan fingerprint density at radius 2 is 2.08 bits per heavy atom. The first kappa shape index (κ1) is 23.1. The van der Waals surface area contributed by atoms with Crippen LogP contribution in [0.3, 0.4) is 0 Å². The molecule has 4 N–H and O–H groups in total. The number of likely N-dealkylation sites (tertiary alicyclic amines) is 1. The maximum absolute atomic E-state index is 13.4. The average Bonchev–Trinajstić information content (AvgIpc) is 3.62. The summed E-state index contributed by atoms with van der Waals surface area (Å²) in [5.41, 5.74) is 7.99. The van der Waals surface area contributed by atoms with Crippen LogP contribution in [-0.4, -0.2) is 69.8 Å². The van der Waals surface area contributed by atoms with Crippen LogP contribution in [0.25, 0.3) is 6.08 Å². The smallest absolute Gasteiger partial charge is 0.246 e. The number of rotatable bonds is 5. The fourth-order valence-corrected chi connectivity index (χ4v) is 7.96. The molecular weight excluding hydrogens is 466 g/mol. The van der Waals surface area contributed by atoms with Crippen LogP contribution in [0.5, 0.6) is 11.5 Å². The number of anilines is 1. The fraction of sp³-hybridized carbons (Fsp3) is 0.500. The molecule has 3 aliphatic carbocycles. The van der Waals surface area contributed by atoms with Gasteiger partial charge in [-0.2, -0.15) is 0 Å². The number of phenols is 1. The van der Waals surface area contributed by atoms with Gasteiger partial charge in [-0.1, -0.05) is 18.2 Å². The molecule has 0 radical (unpaired) electrons. The summed E-state index contributed by atoms with van der Waals surface area (Å²) in [6.07, 6.45) is 8.31. The number of likely N-dealkylation sites (N-methyl/N-ethyl adjacent to an activating group) is 1. The summed E-state index contributed by atoms with van der Waals surface area (Å²) >= 11 is 0. The van der Waals surface area contributed by atoms with Crippen LogP contribution in [0.2, 0.25) is 0 Å². The number of hydrogen-bond donors (Lipinski definition) is 3. The van der Waals surface area contributed by atoms with Gasteiger partial charge in [0.05, 0.1) is 17.1 Å². The minimum Gasteiger partial charge on any atom is -0.504 e. The Morgan fingerprint density at radius 3 is 2.86 bits per heavy atom. The standard InChI is InChI=1S/C30H35N3O4/c1-32(25(35)10-7-18-3-2-4-21(31)15-18)22-11-12-30(36)24-16-20-8-9-23(34)27-26(20)29(30,28(22)37-27)13-14-33(24)17-19-5-6-19/h2-4,7-10,15,19,22,24,28,34,36H,5-6,11-14,16-17,31H2,1H3/b10-7+/t22-,24-,28-,29-,30+/m0/s1. The Kier molecular flexibility index (Phi) is 4.99. The molecule has 2 aromatic carbocycles. The Bertz CT molecular complexity index is 1310. The zero-order valence-electron chi connectivity index (χ0n) is 21.3. The summed E-state index contributed by atoms with van der Waals surface area (Å²) in [4.78, 5) is 17.6. The molecule has 37 heavy (non-hydrogen) atoms. The predicted molar refractivity (Wildman–Crippen MR) is 141 cm³/mol. The molecule has 1 amide bonds. The molecule has 7 rings (SSSR count). The number of nitrogens with two attached hydrogens (primary N) is 1. The lowest BCUT2D eigenvalue weighted by molar-refractivity contribution is -0.200. The topological polar surface area (TPSA) is 99.3 Å². The average molecular weight is 502 g/mol.